The van der Waals surface area contributed by atoms with Crippen molar-refractivity contribution in [1.29, 1.82) is 0 Å². The summed E-state index contributed by atoms with van der Waals surface area (Å²) in [6.07, 6.45) is 4.45. The second kappa shape index (κ2) is 7.93. The molecule has 0 aliphatic carbocycles. The molecule has 0 saturated heterocycles. The molecule has 146 valence electrons. The van der Waals surface area contributed by atoms with E-state index in [4.69, 9.17) is 0 Å². The number of aromatic nitrogens is 2. The lowest BCUT2D eigenvalue weighted by molar-refractivity contribution is 0.0940. The number of carbonyl (C=O) groups is 1. The largest absolute Gasteiger partial charge is 0.338 e. The van der Waals surface area contributed by atoms with Crippen LogP contribution in [0.4, 0.5) is 4.39 Å². The first-order chi connectivity index (χ1) is 13.2. The number of nitrogens with zero attached hydrogens (tertiary/aromatic N) is 2. The average molecular weight is 401 g/mol. The summed E-state index contributed by atoms with van der Waals surface area (Å²) in [5, 5.41) is 2.82. The molecule has 1 atom stereocenters. The highest BCUT2D eigenvalue weighted by Crippen LogP contribution is 2.23. The van der Waals surface area contributed by atoms with E-state index in [1.807, 2.05) is 0 Å². The zero-order valence-corrected chi connectivity index (χ0v) is 16.3. The lowest BCUT2D eigenvalue weighted by atomic mass is 10.0. The van der Waals surface area contributed by atoms with E-state index >= 15 is 0 Å². The van der Waals surface area contributed by atoms with Crippen LogP contribution in [0.25, 0.3) is 0 Å². The van der Waals surface area contributed by atoms with Gasteiger partial charge in [0.25, 0.3) is 5.91 Å². The van der Waals surface area contributed by atoms with Gasteiger partial charge in [-0.3, -0.25) is 4.79 Å². The molecule has 0 bridgehead atoms. The smallest absolute Gasteiger partial charge is 0.252 e. The second-order valence-corrected chi connectivity index (χ2v) is 8.73. The predicted molar refractivity (Wildman–Crippen MR) is 104 cm³/mol. The predicted octanol–water partition coefficient (Wildman–Crippen LogP) is 2.62. The molecule has 0 spiro atoms. The van der Waals surface area contributed by atoms with E-state index in [2.05, 4.69) is 10.3 Å². The molecular weight excluding hydrogens is 381 g/mol. The van der Waals surface area contributed by atoms with Gasteiger partial charge in [0.05, 0.1) is 5.75 Å². The van der Waals surface area contributed by atoms with Gasteiger partial charge in [-0.25, -0.2) is 17.8 Å². The Kier molecular flexibility index (Phi) is 5.60. The van der Waals surface area contributed by atoms with Gasteiger partial charge < -0.3 is 9.88 Å². The average Bonchev–Trinajstić information content (AvgIpc) is 3.05. The molecule has 0 saturated carbocycles. The highest BCUT2D eigenvalue weighted by molar-refractivity contribution is 7.89. The van der Waals surface area contributed by atoms with Gasteiger partial charge in [0.1, 0.15) is 17.7 Å². The van der Waals surface area contributed by atoms with Crippen molar-refractivity contribution in [2.24, 2.45) is 7.05 Å². The van der Waals surface area contributed by atoms with Gasteiger partial charge in [0, 0.05) is 36.8 Å². The number of rotatable bonds is 6. The molecular formula is C20H20FN3O3S. The first kappa shape index (κ1) is 19.8. The Bertz CT molecular complexity index is 1090. The molecule has 1 aromatic heterocycles. The van der Waals surface area contributed by atoms with Gasteiger partial charge in [0.2, 0.25) is 0 Å². The Hall–Kier alpha value is -3.00. The Morgan fingerprint density at radius 2 is 1.86 bits per heavy atom. The molecule has 3 rings (SSSR count). The number of amides is 1. The maximum Gasteiger partial charge on any atom is 0.252 e. The summed E-state index contributed by atoms with van der Waals surface area (Å²) in [7, 11) is -1.39. The van der Waals surface area contributed by atoms with Gasteiger partial charge in [0.15, 0.2) is 9.84 Å². The van der Waals surface area contributed by atoms with Gasteiger partial charge >= 0.3 is 0 Å². The number of hydrogen-bond acceptors (Lipinski definition) is 4. The molecule has 0 unspecified atom stereocenters. The van der Waals surface area contributed by atoms with Crippen LogP contribution in [0.3, 0.4) is 0 Å². The standard InChI is InChI=1S/C20H20FN3O3S/c1-24-12-11-22-19(24)18(16-5-3-4-6-17(16)21)23-20(25)15-9-7-14(8-10-15)13-28(2,26)27/h3-12,18H,13H2,1-2H3,(H,23,25)/t18-/m1/s1. The summed E-state index contributed by atoms with van der Waals surface area (Å²) in [6.45, 7) is 0. The second-order valence-electron chi connectivity index (χ2n) is 6.59. The van der Waals surface area contributed by atoms with Crippen LogP contribution in [-0.2, 0) is 22.6 Å². The van der Waals surface area contributed by atoms with E-state index in [1.165, 1.54) is 6.07 Å². The summed E-state index contributed by atoms with van der Waals surface area (Å²) < 4.78 is 38.9. The highest BCUT2D eigenvalue weighted by atomic mass is 32.2. The quantitative estimate of drug-likeness (QED) is 0.689. The van der Waals surface area contributed by atoms with Gasteiger partial charge in [-0.15, -0.1) is 0 Å². The molecule has 1 heterocycles. The Labute approximate surface area is 163 Å². The lowest BCUT2D eigenvalue weighted by Crippen LogP contribution is -2.31. The number of hydrogen-bond donors (Lipinski definition) is 1. The van der Waals surface area contributed by atoms with Crippen molar-refractivity contribution in [3.05, 3.63) is 89.3 Å². The molecule has 1 amide bonds. The lowest BCUT2D eigenvalue weighted by Gasteiger charge is -2.20. The summed E-state index contributed by atoms with van der Waals surface area (Å²) in [5.41, 5.74) is 1.24. The first-order valence-electron chi connectivity index (χ1n) is 8.54. The molecule has 0 fully saturated rings. The number of imidazole rings is 1. The molecule has 6 nitrogen and oxygen atoms in total. The maximum absolute atomic E-state index is 14.4. The third-order valence-corrected chi connectivity index (χ3v) is 5.11. The molecule has 2 aromatic carbocycles. The number of aryl methyl sites for hydroxylation is 1. The van der Waals surface area contributed by atoms with Crippen LogP contribution in [-0.4, -0.2) is 30.1 Å². The van der Waals surface area contributed by atoms with Crippen molar-refractivity contribution in [2.75, 3.05) is 6.26 Å². The molecule has 0 aliphatic rings. The van der Waals surface area contributed by atoms with Crippen molar-refractivity contribution in [3.8, 4) is 0 Å². The number of halogens is 1. The summed E-state index contributed by atoms with van der Waals surface area (Å²) in [4.78, 5) is 17.0. The van der Waals surface area contributed by atoms with Gasteiger partial charge in [-0.2, -0.15) is 0 Å². The van der Waals surface area contributed by atoms with E-state index in [0.29, 0.717) is 22.5 Å². The van der Waals surface area contributed by atoms with Crippen molar-refractivity contribution in [3.63, 3.8) is 0 Å². The van der Waals surface area contributed by atoms with Crippen LogP contribution >= 0.6 is 0 Å². The van der Waals surface area contributed by atoms with E-state index in [0.717, 1.165) is 6.26 Å². The van der Waals surface area contributed by atoms with Crippen molar-refractivity contribution in [2.45, 2.75) is 11.8 Å². The fraction of sp³-hybridized carbons (Fsp3) is 0.200. The van der Waals surface area contributed by atoms with E-state index in [-0.39, 0.29) is 5.75 Å². The zero-order valence-electron chi connectivity index (χ0n) is 15.5. The van der Waals surface area contributed by atoms with E-state index in [1.54, 1.807) is 66.5 Å². The molecule has 0 radical (unpaired) electrons. The molecule has 1 N–H and O–H groups in total. The monoisotopic (exact) mass is 401 g/mol. The number of sulfone groups is 1. The molecule has 3 aromatic rings. The third-order valence-electron chi connectivity index (χ3n) is 4.25. The van der Waals surface area contributed by atoms with Crippen LogP contribution in [0.5, 0.6) is 0 Å². The normalized spacial score (nSPS) is 12.5. The first-order valence-corrected chi connectivity index (χ1v) is 10.6. The van der Waals surface area contributed by atoms with Crippen molar-refractivity contribution in [1.82, 2.24) is 14.9 Å². The SMILES string of the molecule is Cn1ccnc1[C@H](NC(=O)c1ccc(CS(C)(=O)=O)cc1)c1ccccc1F. The minimum Gasteiger partial charge on any atom is -0.338 e. The van der Waals surface area contributed by atoms with Crippen LogP contribution in [0.15, 0.2) is 60.9 Å². The van der Waals surface area contributed by atoms with E-state index in [9.17, 15) is 17.6 Å². The number of nitrogens with one attached hydrogen (secondary N) is 1. The molecule has 0 aliphatic heterocycles. The highest BCUT2D eigenvalue weighted by Gasteiger charge is 2.24. The van der Waals surface area contributed by atoms with Crippen LogP contribution in [0.2, 0.25) is 0 Å². The van der Waals surface area contributed by atoms with Crippen LogP contribution in [0, 0.1) is 5.82 Å². The van der Waals surface area contributed by atoms with Gasteiger partial charge in [-0.1, -0.05) is 30.3 Å². The summed E-state index contributed by atoms with van der Waals surface area (Å²) in [6, 6.07) is 11.7. The zero-order chi connectivity index (χ0) is 20.3. The van der Waals surface area contributed by atoms with Gasteiger partial charge in [-0.05, 0) is 23.8 Å². The van der Waals surface area contributed by atoms with Crippen LogP contribution in [0.1, 0.15) is 33.4 Å². The maximum atomic E-state index is 14.4. The minimum atomic E-state index is -3.16. The third kappa shape index (κ3) is 4.64. The van der Waals surface area contributed by atoms with Crippen molar-refractivity contribution >= 4 is 15.7 Å². The molecule has 8 heteroatoms. The summed E-state index contributed by atoms with van der Waals surface area (Å²) >= 11 is 0. The van der Waals surface area contributed by atoms with Crippen molar-refractivity contribution < 1.29 is 17.6 Å². The Morgan fingerprint density at radius 3 is 2.43 bits per heavy atom. The topological polar surface area (TPSA) is 81.1 Å². The van der Waals surface area contributed by atoms with E-state index < -0.39 is 27.6 Å². The Balaban J connectivity index is 1.88. The Morgan fingerprint density at radius 1 is 1.18 bits per heavy atom. The van der Waals surface area contributed by atoms with Crippen LogP contribution < -0.4 is 5.32 Å². The fourth-order valence-corrected chi connectivity index (χ4v) is 3.71. The number of benzene rings is 2. The summed E-state index contributed by atoms with van der Waals surface area (Å²) in [5.74, 6) is -0.464. The minimum absolute atomic E-state index is 0.0972. The molecule has 28 heavy (non-hydrogen) atoms. The number of carbonyl (C=O) groups excluding carboxylic acids is 1. The fourth-order valence-electron chi connectivity index (χ4n) is 2.92.